The number of benzene rings is 1. The van der Waals surface area contributed by atoms with E-state index >= 15 is 0 Å². The van der Waals surface area contributed by atoms with Crippen molar-refractivity contribution in [1.82, 2.24) is 10.2 Å². The first kappa shape index (κ1) is 15.5. The predicted octanol–water partition coefficient (Wildman–Crippen LogP) is 2.31. The van der Waals surface area contributed by atoms with Crippen molar-refractivity contribution in [3.05, 3.63) is 34.3 Å². The molecule has 0 aliphatic rings. The molecule has 0 aromatic heterocycles. The summed E-state index contributed by atoms with van der Waals surface area (Å²) in [6.45, 7) is 2.14. The van der Waals surface area contributed by atoms with E-state index in [1.54, 1.807) is 14.0 Å². The van der Waals surface area contributed by atoms with Gasteiger partial charge in [-0.05, 0) is 11.6 Å². The minimum atomic E-state index is -0.912. The van der Waals surface area contributed by atoms with Gasteiger partial charge >= 0.3 is 12.0 Å². The SMILES string of the molecule is CC(CN(C)C(=O)NCc1ccccc1Br)C(=O)O. The van der Waals surface area contributed by atoms with Crippen LogP contribution in [0.5, 0.6) is 0 Å². The Bertz CT molecular complexity index is 465. The molecule has 0 bridgehead atoms. The average Bonchev–Trinajstić information content (AvgIpc) is 2.37. The number of carbonyl (C=O) groups excluding carboxylic acids is 1. The van der Waals surface area contributed by atoms with Gasteiger partial charge in [-0.25, -0.2) is 4.79 Å². The fourth-order valence-electron chi connectivity index (χ4n) is 1.52. The van der Waals surface area contributed by atoms with Crippen molar-refractivity contribution in [2.75, 3.05) is 13.6 Å². The summed E-state index contributed by atoms with van der Waals surface area (Å²) in [7, 11) is 1.58. The Morgan fingerprint density at radius 1 is 1.42 bits per heavy atom. The Morgan fingerprint density at radius 2 is 2.05 bits per heavy atom. The van der Waals surface area contributed by atoms with Crippen LogP contribution in [0.4, 0.5) is 4.79 Å². The highest BCUT2D eigenvalue weighted by atomic mass is 79.9. The van der Waals surface area contributed by atoms with E-state index in [9.17, 15) is 9.59 Å². The number of hydrogen-bond donors (Lipinski definition) is 2. The average molecular weight is 329 g/mol. The maximum Gasteiger partial charge on any atom is 0.317 e. The lowest BCUT2D eigenvalue weighted by Gasteiger charge is -2.20. The van der Waals surface area contributed by atoms with Gasteiger partial charge in [-0.3, -0.25) is 4.79 Å². The molecular weight excluding hydrogens is 312 g/mol. The Balaban J connectivity index is 2.47. The van der Waals surface area contributed by atoms with E-state index in [4.69, 9.17) is 5.11 Å². The fourth-order valence-corrected chi connectivity index (χ4v) is 1.94. The molecule has 1 unspecified atom stereocenters. The number of halogens is 1. The van der Waals surface area contributed by atoms with E-state index in [-0.39, 0.29) is 12.6 Å². The standard InChI is InChI=1S/C13H17BrN2O3/c1-9(12(17)18)8-16(2)13(19)15-7-10-5-3-4-6-11(10)14/h3-6,9H,7-8H2,1-2H3,(H,15,19)(H,17,18). The molecule has 1 aromatic rings. The summed E-state index contributed by atoms with van der Waals surface area (Å²) in [5, 5.41) is 11.5. The molecule has 104 valence electrons. The van der Waals surface area contributed by atoms with Crippen LogP contribution in [-0.4, -0.2) is 35.6 Å². The first-order valence-corrected chi connectivity index (χ1v) is 6.66. The summed E-state index contributed by atoms with van der Waals surface area (Å²) < 4.78 is 0.928. The van der Waals surface area contributed by atoms with Crippen LogP contribution in [0.2, 0.25) is 0 Å². The smallest absolute Gasteiger partial charge is 0.317 e. The summed E-state index contributed by atoms with van der Waals surface area (Å²) in [5.74, 6) is -1.50. The quantitative estimate of drug-likeness (QED) is 0.871. The van der Waals surface area contributed by atoms with Crippen LogP contribution in [0.25, 0.3) is 0 Å². The molecule has 0 saturated carbocycles. The molecule has 1 aromatic carbocycles. The number of amides is 2. The summed E-state index contributed by atoms with van der Waals surface area (Å²) >= 11 is 3.40. The Hall–Kier alpha value is -1.56. The molecule has 1 atom stereocenters. The summed E-state index contributed by atoms with van der Waals surface area (Å²) in [4.78, 5) is 23.9. The molecule has 2 amide bonds. The van der Waals surface area contributed by atoms with Crippen LogP contribution in [0.15, 0.2) is 28.7 Å². The second kappa shape index (κ2) is 7.13. The van der Waals surface area contributed by atoms with Crippen LogP contribution in [-0.2, 0) is 11.3 Å². The van der Waals surface area contributed by atoms with Gasteiger partial charge in [0.2, 0.25) is 0 Å². The van der Waals surface area contributed by atoms with Crippen LogP contribution in [0.3, 0.4) is 0 Å². The molecule has 0 radical (unpaired) electrons. The summed E-state index contributed by atoms with van der Waals surface area (Å²) in [6, 6.07) is 7.31. The van der Waals surface area contributed by atoms with Crippen molar-refractivity contribution in [2.45, 2.75) is 13.5 Å². The van der Waals surface area contributed by atoms with Gasteiger partial charge in [0.15, 0.2) is 0 Å². The minimum absolute atomic E-state index is 0.178. The number of carboxylic acid groups (broad SMARTS) is 1. The molecule has 0 aliphatic heterocycles. The van der Waals surface area contributed by atoms with Gasteiger partial charge in [-0.15, -0.1) is 0 Å². The number of aliphatic carboxylic acids is 1. The number of nitrogens with one attached hydrogen (secondary N) is 1. The molecule has 0 saturated heterocycles. The molecule has 2 N–H and O–H groups in total. The highest BCUT2D eigenvalue weighted by Gasteiger charge is 2.17. The van der Waals surface area contributed by atoms with E-state index < -0.39 is 11.9 Å². The van der Waals surface area contributed by atoms with E-state index in [0.29, 0.717) is 6.54 Å². The van der Waals surface area contributed by atoms with Crippen molar-refractivity contribution >= 4 is 27.9 Å². The second-order valence-corrected chi connectivity index (χ2v) is 5.22. The van der Waals surface area contributed by atoms with Gasteiger partial charge in [0.25, 0.3) is 0 Å². The third-order valence-corrected chi connectivity index (χ3v) is 3.48. The van der Waals surface area contributed by atoms with Crippen molar-refractivity contribution in [1.29, 1.82) is 0 Å². The lowest BCUT2D eigenvalue weighted by atomic mass is 10.2. The molecule has 0 aliphatic carbocycles. The second-order valence-electron chi connectivity index (χ2n) is 4.37. The fraction of sp³-hybridized carbons (Fsp3) is 0.385. The van der Waals surface area contributed by atoms with Crippen molar-refractivity contribution < 1.29 is 14.7 Å². The number of carbonyl (C=O) groups is 2. The molecule has 0 heterocycles. The highest BCUT2D eigenvalue weighted by molar-refractivity contribution is 9.10. The number of urea groups is 1. The zero-order valence-corrected chi connectivity index (χ0v) is 12.5. The monoisotopic (exact) mass is 328 g/mol. The molecule has 0 spiro atoms. The van der Waals surface area contributed by atoms with Crippen LogP contribution in [0, 0.1) is 5.92 Å². The van der Waals surface area contributed by atoms with Crippen molar-refractivity contribution in [2.24, 2.45) is 5.92 Å². The molecular formula is C13H17BrN2O3. The van der Waals surface area contributed by atoms with Gasteiger partial charge in [0.05, 0.1) is 5.92 Å². The largest absolute Gasteiger partial charge is 0.481 e. The Kier molecular flexibility index (Phi) is 5.82. The lowest BCUT2D eigenvalue weighted by molar-refractivity contribution is -0.141. The van der Waals surface area contributed by atoms with Crippen molar-refractivity contribution in [3.8, 4) is 0 Å². The molecule has 6 heteroatoms. The van der Waals surface area contributed by atoms with Gasteiger partial charge in [0, 0.05) is 24.6 Å². The van der Waals surface area contributed by atoms with E-state index in [1.807, 2.05) is 24.3 Å². The Morgan fingerprint density at radius 3 is 2.63 bits per heavy atom. The van der Waals surface area contributed by atoms with Crippen LogP contribution < -0.4 is 5.32 Å². The van der Waals surface area contributed by atoms with E-state index in [0.717, 1.165) is 10.0 Å². The Labute approximate surface area is 120 Å². The summed E-state index contributed by atoms with van der Waals surface area (Å²) in [6.07, 6.45) is 0. The molecule has 19 heavy (non-hydrogen) atoms. The first-order valence-electron chi connectivity index (χ1n) is 5.87. The topological polar surface area (TPSA) is 69.6 Å². The number of carboxylic acids is 1. The minimum Gasteiger partial charge on any atom is -0.481 e. The molecule has 0 fully saturated rings. The van der Waals surface area contributed by atoms with Crippen LogP contribution >= 0.6 is 15.9 Å². The predicted molar refractivity (Wildman–Crippen MR) is 75.8 cm³/mol. The van der Waals surface area contributed by atoms with E-state index in [1.165, 1.54) is 4.90 Å². The normalized spacial score (nSPS) is 11.7. The van der Waals surface area contributed by atoms with Gasteiger partial charge in [-0.1, -0.05) is 41.1 Å². The maximum absolute atomic E-state index is 11.8. The number of hydrogen-bond acceptors (Lipinski definition) is 2. The third-order valence-electron chi connectivity index (χ3n) is 2.70. The van der Waals surface area contributed by atoms with Crippen molar-refractivity contribution in [3.63, 3.8) is 0 Å². The lowest BCUT2D eigenvalue weighted by Crippen LogP contribution is -2.40. The highest BCUT2D eigenvalue weighted by Crippen LogP contribution is 2.15. The van der Waals surface area contributed by atoms with Gasteiger partial charge in [0.1, 0.15) is 0 Å². The zero-order chi connectivity index (χ0) is 14.4. The number of rotatable bonds is 5. The molecule has 1 rings (SSSR count). The number of nitrogens with zero attached hydrogens (tertiary/aromatic N) is 1. The maximum atomic E-state index is 11.8. The zero-order valence-electron chi connectivity index (χ0n) is 10.9. The van der Waals surface area contributed by atoms with E-state index in [2.05, 4.69) is 21.2 Å². The third kappa shape index (κ3) is 4.90. The van der Waals surface area contributed by atoms with Crippen LogP contribution in [0.1, 0.15) is 12.5 Å². The molecule has 5 nitrogen and oxygen atoms in total. The summed E-state index contributed by atoms with van der Waals surface area (Å²) in [5.41, 5.74) is 0.968. The van der Waals surface area contributed by atoms with Gasteiger partial charge in [-0.2, -0.15) is 0 Å². The van der Waals surface area contributed by atoms with Gasteiger partial charge < -0.3 is 15.3 Å². The first-order chi connectivity index (χ1) is 8.91.